The quantitative estimate of drug-likeness (QED) is 0.631. The van der Waals surface area contributed by atoms with Crippen LogP contribution in [-0.4, -0.2) is 22.7 Å². The first-order valence-electron chi connectivity index (χ1n) is 4.26. The highest BCUT2D eigenvalue weighted by Crippen LogP contribution is 2.27. The number of halogens is 1. The molecule has 2 heterocycles. The minimum absolute atomic E-state index is 0.147. The Morgan fingerprint density at radius 2 is 2.43 bits per heavy atom. The highest BCUT2D eigenvalue weighted by atomic mass is 127. The Labute approximate surface area is 101 Å². The van der Waals surface area contributed by atoms with E-state index in [-0.39, 0.29) is 11.2 Å². The van der Waals surface area contributed by atoms with E-state index in [1.165, 1.54) is 0 Å². The number of nitrogens with zero attached hydrogens (tertiary/aromatic N) is 2. The second-order valence-corrected chi connectivity index (χ2v) is 5.08. The summed E-state index contributed by atoms with van der Waals surface area (Å²) in [6, 6.07) is 1.87. The van der Waals surface area contributed by atoms with E-state index < -0.39 is 0 Å². The fourth-order valence-corrected chi connectivity index (χ4v) is 2.46. The zero-order chi connectivity index (χ0) is 10.1. The van der Waals surface area contributed by atoms with Crippen LogP contribution in [0.15, 0.2) is 18.5 Å². The number of hydrogen-bond donors (Lipinski definition) is 1. The molecule has 0 N–H and O–H groups in total. The number of carbonyl (C=O) groups excluding carboxylic acids is 1. The molecule has 0 bridgehead atoms. The number of aromatic nitrogens is 1. The third-order valence-corrected chi connectivity index (χ3v) is 3.32. The number of hydrogen-bond acceptors (Lipinski definition) is 3. The minimum atomic E-state index is 0.147. The lowest BCUT2D eigenvalue weighted by molar-refractivity contribution is -0.117. The maximum absolute atomic E-state index is 11.6. The summed E-state index contributed by atoms with van der Waals surface area (Å²) in [7, 11) is 0. The second kappa shape index (κ2) is 4.06. The van der Waals surface area contributed by atoms with Crippen molar-refractivity contribution in [3.63, 3.8) is 0 Å². The standard InChI is InChI=1S/C9H9IN2OS/c10-7-4-11-2-1-8(7)12-5-6(14)3-9(12)13/h1-2,4,6,14H,3,5H2. The van der Waals surface area contributed by atoms with Crippen LogP contribution in [0.3, 0.4) is 0 Å². The first-order valence-corrected chi connectivity index (χ1v) is 5.86. The van der Waals surface area contributed by atoms with Gasteiger partial charge in [0.05, 0.1) is 9.26 Å². The van der Waals surface area contributed by atoms with Crippen molar-refractivity contribution in [2.75, 3.05) is 11.4 Å². The number of amides is 1. The van der Waals surface area contributed by atoms with Gasteiger partial charge in [-0.15, -0.1) is 0 Å². The van der Waals surface area contributed by atoms with Gasteiger partial charge in [0, 0.05) is 30.6 Å². The molecule has 3 nitrogen and oxygen atoms in total. The first kappa shape index (κ1) is 10.2. The average molecular weight is 320 g/mol. The molecule has 0 radical (unpaired) electrons. The second-order valence-electron chi connectivity index (χ2n) is 3.19. The molecule has 14 heavy (non-hydrogen) atoms. The van der Waals surface area contributed by atoms with Gasteiger partial charge in [0.25, 0.3) is 0 Å². The van der Waals surface area contributed by atoms with Crippen LogP contribution in [0.25, 0.3) is 0 Å². The van der Waals surface area contributed by atoms with Gasteiger partial charge in [0.15, 0.2) is 0 Å². The van der Waals surface area contributed by atoms with E-state index in [0.717, 1.165) is 9.26 Å². The third kappa shape index (κ3) is 1.88. The Morgan fingerprint density at radius 1 is 1.64 bits per heavy atom. The Bertz CT molecular complexity index is 372. The lowest BCUT2D eigenvalue weighted by Crippen LogP contribution is -2.25. The smallest absolute Gasteiger partial charge is 0.228 e. The largest absolute Gasteiger partial charge is 0.310 e. The first-order chi connectivity index (χ1) is 6.68. The number of anilines is 1. The summed E-state index contributed by atoms with van der Waals surface area (Å²) in [6.45, 7) is 0.696. The molecular weight excluding hydrogens is 311 g/mol. The molecule has 0 aromatic carbocycles. The van der Waals surface area contributed by atoms with Crippen molar-refractivity contribution in [2.45, 2.75) is 11.7 Å². The normalized spacial score (nSPS) is 21.7. The molecule has 1 amide bonds. The van der Waals surface area contributed by atoms with Gasteiger partial charge in [-0.3, -0.25) is 9.78 Å². The fourth-order valence-electron chi connectivity index (χ4n) is 1.51. The molecule has 1 aromatic heterocycles. The van der Waals surface area contributed by atoms with E-state index >= 15 is 0 Å². The van der Waals surface area contributed by atoms with Crippen molar-refractivity contribution in [3.8, 4) is 0 Å². The molecule has 1 atom stereocenters. The fraction of sp³-hybridized carbons (Fsp3) is 0.333. The maximum Gasteiger partial charge on any atom is 0.228 e. The molecule has 1 aromatic rings. The lowest BCUT2D eigenvalue weighted by Gasteiger charge is -2.16. The van der Waals surface area contributed by atoms with Gasteiger partial charge in [-0.05, 0) is 28.7 Å². The van der Waals surface area contributed by atoms with E-state index in [0.29, 0.717) is 13.0 Å². The topological polar surface area (TPSA) is 33.2 Å². The summed E-state index contributed by atoms with van der Waals surface area (Å²) in [5, 5.41) is 0.159. The van der Waals surface area contributed by atoms with Crippen LogP contribution in [0.4, 0.5) is 5.69 Å². The lowest BCUT2D eigenvalue weighted by atomic mass is 10.4. The summed E-state index contributed by atoms with van der Waals surface area (Å²) in [4.78, 5) is 17.4. The molecule has 5 heteroatoms. The van der Waals surface area contributed by atoms with Crippen LogP contribution in [-0.2, 0) is 4.79 Å². The Hall–Kier alpha value is -0.300. The average Bonchev–Trinajstić information content (AvgIpc) is 2.46. The van der Waals surface area contributed by atoms with E-state index in [4.69, 9.17) is 0 Å². The summed E-state index contributed by atoms with van der Waals surface area (Å²) < 4.78 is 1.00. The Kier molecular flexibility index (Phi) is 2.96. The molecule has 1 saturated heterocycles. The number of carbonyl (C=O) groups is 1. The van der Waals surface area contributed by atoms with Crippen molar-refractivity contribution < 1.29 is 4.79 Å². The molecule has 2 rings (SSSR count). The van der Waals surface area contributed by atoms with Gasteiger partial charge in [-0.1, -0.05) is 0 Å². The van der Waals surface area contributed by atoms with Crippen molar-refractivity contribution >= 4 is 46.8 Å². The monoisotopic (exact) mass is 320 g/mol. The van der Waals surface area contributed by atoms with Gasteiger partial charge in [0.2, 0.25) is 5.91 Å². The predicted octanol–water partition coefficient (Wildman–Crippen LogP) is 1.72. The molecule has 74 valence electrons. The number of thiol groups is 1. The van der Waals surface area contributed by atoms with Crippen LogP contribution in [0.2, 0.25) is 0 Å². The van der Waals surface area contributed by atoms with Crippen molar-refractivity contribution in [3.05, 3.63) is 22.0 Å². The Morgan fingerprint density at radius 3 is 3.00 bits per heavy atom. The highest BCUT2D eigenvalue weighted by Gasteiger charge is 2.29. The molecule has 1 fully saturated rings. The Balaban J connectivity index is 2.32. The maximum atomic E-state index is 11.6. The van der Waals surface area contributed by atoms with E-state index in [2.05, 4.69) is 40.2 Å². The van der Waals surface area contributed by atoms with Gasteiger partial charge in [-0.25, -0.2) is 0 Å². The SMILES string of the molecule is O=C1CC(S)CN1c1ccncc1I. The predicted molar refractivity (Wildman–Crippen MR) is 66.7 cm³/mol. The van der Waals surface area contributed by atoms with Crippen LogP contribution < -0.4 is 4.90 Å². The molecule has 0 aliphatic carbocycles. The molecule has 1 aliphatic heterocycles. The molecule has 0 spiro atoms. The molecule has 1 aliphatic rings. The summed E-state index contributed by atoms with van der Waals surface area (Å²) in [6.07, 6.45) is 3.99. The van der Waals surface area contributed by atoms with E-state index in [9.17, 15) is 4.79 Å². The van der Waals surface area contributed by atoms with Gasteiger partial charge in [0.1, 0.15) is 0 Å². The molecule has 0 saturated carbocycles. The van der Waals surface area contributed by atoms with Crippen LogP contribution in [0.5, 0.6) is 0 Å². The van der Waals surface area contributed by atoms with Crippen molar-refractivity contribution in [2.24, 2.45) is 0 Å². The van der Waals surface area contributed by atoms with Crippen molar-refractivity contribution in [1.82, 2.24) is 4.98 Å². The van der Waals surface area contributed by atoms with Gasteiger partial charge >= 0.3 is 0 Å². The highest BCUT2D eigenvalue weighted by molar-refractivity contribution is 14.1. The summed E-state index contributed by atoms with van der Waals surface area (Å²) in [5.74, 6) is 0.147. The van der Waals surface area contributed by atoms with Crippen molar-refractivity contribution in [1.29, 1.82) is 0 Å². The van der Waals surface area contributed by atoms with Crippen LogP contribution in [0.1, 0.15) is 6.42 Å². The summed E-state index contributed by atoms with van der Waals surface area (Å²) in [5.41, 5.74) is 0.946. The van der Waals surface area contributed by atoms with E-state index in [1.807, 2.05) is 6.07 Å². The van der Waals surface area contributed by atoms with Crippen LogP contribution in [0, 0.1) is 3.57 Å². The molecular formula is C9H9IN2OS. The zero-order valence-electron chi connectivity index (χ0n) is 7.35. The summed E-state index contributed by atoms with van der Waals surface area (Å²) >= 11 is 6.50. The zero-order valence-corrected chi connectivity index (χ0v) is 10.4. The van der Waals surface area contributed by atoms with E-state index in [1.54, 1.807) is 17.3 Å². The third-order valence-electron chi connectivity index (χ3n) is 2.15. The minimum Gasteiger partial charge on any atom is -0.310 e. The molecule has 1 unspecified atom stereocenters. The van der Waals surface area contributed by atoms with Gasteiger partial charge < -0.3 is 4.90 Å². The van der Waals surface area contributed by atoms with Crippen LogP contribution >= 0.6 is 35.2 Å². The number of rotatable bonds is 1. The number of pyridine rings is 1. The van der Waals surface area contributed by atoms with Gasteiger partial charge in [-0.2, -0.15) is 12.6 Å².